The highest BCUT2D eigenvalue weighted by Gasteiger charge is 2.38. The molecule has 2 aliphatic rings. The summed E-state index contributed by atoms with van der Waals surface area (Å²) in [5.74, 6) is 1.42. The van der Waals surface area contributed by atoms with E-state index in [-0.39, 0.29) is 17.5 Å². The molecule has 0 bridgehead atoms. The Hall–Kier alpha value is -2.31. The normalized spacial score (nSPS) is 23.2. The lowest BCUT2D eigenvalue weighted by Gasteiger charge is -2.18. The summed E-state index contributed by atoms with van der Waals surface area (Å²) in [4.78, 5) is 24.6. The van der Waals surface area contributed by atoms with Crippen molar-refractivity contribution in [3.8, 4) is 5.75 Å². The summed E-state index contributed by atoms with van der Waals surface area (Å²) in [7, 11) is 1.38. The standard InChI is InChI=1S/C15H19N3O4/c1-22-14-6-5-12(7-13(14)18(20)21)16-15(19)17-8-10-3-2-4-11(10)9-17/h5-7,10-11H,2-4,8-9H2,1H3,(H,16,19)/t10-,11-/m0/s1. The Kier molecular flexibility index (Phi) is 3.87. The van der Waals surface area contributed by atoms with Gasteiger partial charge >= 0.3 is 11.7 Å². The molecule has 1 heterocycles. The van der Waals surface area contributed by atoms with Crippen molar-refractivity contribution in [1.29, 1.82) is 0 Å². The number of fused-ring (bicyclic) bond motifs is 1. The average Bonchev–Trinajstić information content (AvgIpc) is 3.08. The minimum atomic E-state index is -0.519. The lowest BCUT2D eigenvalue weighted by molar-refractivity contribution is -0.385. The summed E-state index contributed by atoms with van der Waals surface area (Å²) in [6.45, 7) is 1.57. The number of benzene rings is 1. The molecule has 1 aliphatic carbocycles. The number of hydrogen-bond acceptors (Lipinski definition) is 4. The van der Waals surface area contributed by atoms with E-state index in [9.17, 15) is 14.9 Å². The molecule has 1 aromatic carbocycles. The van der Waals surface area contributed by atoms with Crippen molar-refractivity contribution in [2.24, 2.45) is 11.8 Å². The molecule has 1 saturated heterocycles. The van der Waals surface area contributed by atoms with Crippen LogP contribution in [0.25, 0.3) is 0 Å². The van der Waals surface area contributed by atoms with Gasteiger partial charge in [-0.2, -0.15) is 0 Å². The highest BCUT2D eigenvalue weighted by molar-refractivity contribution is 5.90. The number of methoxy groups -OCH3 is 1. The molecule has 118 valence electrons. The molecular formula is C15H19N3O4. The van der Waals surface area contributed by atoms with Crippen LogP contribution in [0.3, 0.4) is 0 Å². The Labute approximate surface area is 128 Å². The Morgan fingerprint density at radius 2 is 2.05 bits per heavy atom. The number of nitro groups is 1. The van der Waals surface area contributed by atoms with Gasteiger partial charge in [0, 0.05) is 24.8 Å². The van der Waals surface area contributed by atoms with Crippen LogP contribution in [0.1, 0.15) is 19.3 Å². The third-order valence-corrected chi connectivity index (χ3v) is 4.64. The van der Waals surface area contributed by atoms with Crippen molar-refractivity contribution in [3.05, 3.63) is 28.3 Å². The SMILES string of the molecule is COc1ccc(NC(=O)N2C[C@@H]3CCC[C@H]3C2)cc1[N+](=O)[O-]. The fourth-order valence-electron chi connectivity index (χ4n) is 3.51. The molecule has 0 spiro atoms. The fraction of sp³-hybridized carbons (Fsp3) is 0.533. The maximum absolute atomic E-state index is 12.3. The van der Waals surface area contributed by atoms with E-state index in [0.717, 1.165) is 13.1 Å². The van der Waals surface area contributed by atoms with Gasteiger partial charge in [-0.15, -0.1) is 0 Å². The number of likely N-dealkylation sites (tertiary alicyclic amines) is 1. The van der Waals surface area contributed by atoms with Crippen LogP contribution in [0.2, 0.25) is 0 Å². The fourth-order valence-corrected chi connectivity index (χ4v) is 3.51. The van der Waals surface area contributed by atoms with Gasteiger partial charge in [-0.25, -0.2) is 4.79 Å². The molecule has 2 atom stereocenters. The molecular weight excluding hydrogens is 286 g/mol. The van der Waals surface area contributed by atoms with Gasteiger partial charge in [0.2, 0.25) is 0 Å². The lowest BCUT2D eigenvalue weighted by atomic mass is 10.0. The molecule has 1 saturated carbocycles. The van der Waals surface area contributed by atoms with Crippen LogP contribution in [-0.2, 0) is 0 Å². The number of ether oxygens (including phenoxy) is 1. The van der Waals surface area contributed by atoms with Crippen LogP contribution in [0.5, 0.6) is 5.75 Å². The highest BCUT2D eigenvalue weighted by atomic mass is 16.6. The first-order chi connectivity index (χ1) is 10.6. The summed E-state index contributed by atoms with van der Waals surface area (Å²) in [5, 5.41) is 13.8. The van der Waals surface area contributed by atoms with E-state index >= 15 is 0 Å². The van der Waals surface area contributed by atoms with E-state index in [1.54, 1.807) is 6.07 Å². The van der Waals surface area contributed by atoms with E-state index in [4.69, 9.17) is 4.74 Å². The third-order valence-electron chi connectivity index (χ3n) is 4.64. The summed E-state index contributed by atoms with van der Waals surface area (Å²) in [5.41, 5.74) is 0.258. The van der Waals surface area contributed by atoms with Gasteiger partial charge in [-0.1, -0.05) is 6.42 Å². The summed E-state index contributed by atoms with van der Waals surface area (Å²) in [6.07, 6.45) is 3.65. The second-order valence-corrected chi connectivity index (χ2v) is 5.93. The van der Waals surface area contributed by atoms with E-state index in [1.165, 1.54) is 38.5 Å². The molecule has 7 heteroatoms. The molecule has 2 amide bonds. The number of nitro benzene ring substituents is 1. The highest BCUT2D eigenvalue weighted by Crippen LogP contribution is 2.38. The number of urea groups is 1. The van der Waals surface area contributed by atoms with Crippen molar-refractivity contribution in [3.63, 3.8) is 0 Å². The molecule has 1 N–H and O–H groups in total. The van der Waals surface area contributed by atoms with Gasteiger partial charge in [-0.05, 0) is 36.8 Å². The molecule has 0 radical (unpaired) electrons. The van der Waals surface area contributed by atoms with Crippen LogP contribution >= 0.6 is 0 Å². The Bertz CT molecular complexity index is 592. The molecule has 3 rings (SSSR count). The zero-order chi connectivity index (χ0) is 15.7. The molecule has 22 heavy (non-hydrogen) atoms. The Balaban J connectivity index is 1.69. The van der Waals surface area contributed by atoms with Gasteiger partial charge in [0.05, 0.1) is 12.0 Å². The van der Waals surface area contributed by atoms with E-state index in [0.29, 0.717) is 17.5 Å². The zero-order valence-corrected chi connectivity index (χ0v) is 12.4. The first-order valence-corrected chi connectivity index (χ1v) is 7.47. The van der Waals surface area contributed by atoms with Crippen molar-refractivity contribution in [2.45, 2.75) is 19.3 Å². The number of hydrogen-bond donors (Lipinski definition) is 1. The van der Waals surface area contributed by atoms with Crippen LogP contribution < -0.4 is 10.1 Å². The predicted molar refractivity (Wildman–Crippen MR) is 81.1 cm³/mol. The molecule has 0 unspecified atom stereocenters. The minimum Gasteiger partial charge on any atom is -0.490 e. The van der Waals surface area contributed by atoms with Gasteiger partial charge < -0.3 is 15.0 Å². The molecule has 1 aliphatic heterocycles. The second-order valence-electron chi connectivity index (χ2n) is 5.93. The first kappa shape index (κ1) is 14.6. The third kappa shape index (κ3) is 2.70. The van der Waals surface area contributed by atoms with Crippen molar-refractivity contribution in [2.75, 3.05) is 25.5 Å². The smallest absolute Gasteiger partial charge is 0.321 e. The van der Waals surface area contributed by atoms with Gasteiger partial charge in [0.1, 0.15) is 0 Å². The number of carbonyl (C=O) groups is 1. The van der Waals surface area contributed by atoms with E-state index < -0.39 is 4.92 Å². The monoisotopic (exact) mass is 305 g/mol. The van der Waals surface area contributed by atoms with Crippen LogP contribution in [-0.4, -0.2) is 36.1 Å². The number of nitrogens with one attached hydrogen (secondary N) is 1. The quantitative estimate of drug-likeness (QED) is 0.687. The Morgan fingerprint density at radius 3 is 2.64 bits per heavy atom. The summed E-state index contributed by atoms with van der Waals surface area (Å²) in [6, 6.07) is 4.25. The van der Waals surface area contributed by atoms with E-state index in [1.807, 2.05) is 4.90 Å². The van der Waals surface area contributed by atoms with Crippen LogP contribution in [0, 0.1) is 22.0 Å². The first-order valence-electron chi connectivity index (χ1n) is 7.47. The molecule has 1 aromatic rings. The summed E-state index contributed by atoms with van der Waals surface area (Å²) >= 11 is 0. The zero-order valence-electron chi connectivity index (χ0n) is 12.4. The maximum atomic E-state index is 12.3. The van der Waals surface area contributed by atoms with Gasteiger partial charge in [0.15, 0.2) is 5.75 Å². The Morgan fingerprint density at radius 1 is 1.36 bits per heavy atom. The largest absolute Gasteiger partial charge is 0.490 e. The lowest BCUT2D eigenvalue weighted by Crippen LogP contribution is -2.33. The molecule has 7 nitrogen and oxygen atoms in total. The van der Waals surface area contributed by atoms with Crippen LogP contribution in [0.15, 0.2) is 18.2 Å². The van der Waals surface area contributed by atoms with Crippen molar-refractivity contribution in [1.82, 2.24) is 4.90 Å². The number of carbonyl (C=O) groups excluding carboxylic acids is 1. The average molecular weight is 305 g/mol. The molecule has 0 aromatic heterocycles. The van der Waals surface area contributed by atoms with Gasteiger partial charge in [-0.3, -0.25) is 10.1 Å². The molecule has 2 fully saturated rings. The number of amides is 2. The summed E-state index contributed by atoms with van der Waals surface area (Å²) < 4.78 is 4.95. The maximum Gasteiger partial charge on any atom is 0.321 e. The number of anilines is 1. The van der Waals surface area contributed by atoms with Crippen molar-refractivity contribution >= 4 is 17.4 Å². The van der Waals surface area contributed by atoms with Crippen LogP contribution in [0.4, 0.5) is 16.2 Å². The topological polar surface area (TPSA) is 84.7 Å². The number of rotatable bonds is 3. The van der Waals surface area contributed by atoms with E-state index in [2.05, 4.69) is 5.32 Å². The number of nitrogens with zero attached hydrogens (tertiary/aromatic N) is 2. The second kappa shape index (κ2) is 5.82. The van der Waals surface area contributed by atoms with Crippen molar-refractivity contribution < 1.29 is 14.5 Å². The van der Waals surface area contributed by atoms with Gasteiger partial charge in [0.25, 0.3) is 0 Å². The minimum absolute atomic E-state index is 0.154. The predicted octanol–water partition coefficient (Wildman–Crippen LogP) is 2.87.